The molecule has 0 atom stereocenters. The zero-order chi connectivity index (χ0) is 13.9. The zero-order valence-corrected chi connectivity index (χ0v) is 14.4. The third kappa shape index (κ3) is 3.83. The van der Waals surface area contributed by atoms with Crippen molar-refractivity contribution in [3.05, 3.63) is 37.2 Å². The van der Waals surface area contributed by atoms with E-state index in [1.54, 1.807) is 13.0 Å². The van der Waals surface area contributed by atoms with Crippen molar-refractivity contribution in [2.24, 2.45) is 0 Å². The molecule has 0 bridgehead atoms. The molecule has 3 nitrogen and oxygen atoms in total. The normalized spacial score (nSPS) is 10.2. The summed E-state index contributed by atoms with van der Waals surface area (Å²) in [6.45, 7) is 5.33. The molecule has 0 radical (unpaired) electrons. The molecule has 98 valence electrons. The Morgan fingerprint density at radius 3 is 2.50 bits per heavy atom. The molecule has 0 saturated carbocycles. The third-order valence-corrected chi connectivity index (χ3v) is 5.72. The van der Waals surface area contributed by atoms with Crippen molar-refractivity contribution >= 4 is 53.8 Å². The van der Waals surface area contributed by atoms with E-state index in [-0.39, 0.29) is 12.4 Å². The summed E-state index contributed by atoms with van der Waals surface area (Å²) in [5.41, 5.74) is 1.21. The van der Waals surface area contributed by atoms with Crippen molar-refractivity contribution in [2.45, 2.75) is 13.3 Å². The van der Waals surface area contributed by atoms with Crippen LogP contribution in [0.2, 0.25) is 0 Å². The van der Waals surface area contributed by atoms with Crippen LogP contribution >= 0.6 is 47.8 Å². The fourth-order valence-corrected chi connectivity index (χ4v) is 2.75. The van der Waals surface area contributed by atoms with Gasteiger partial charge in [0.05, 0.1) is 11.1 Å². The molecule has 1 N–H and O–H groups in total. The van der Waals surface area contributed by atoms with Gasteiger partial charge in [0.15, 0.2) is 0 Å². The minimum atomic E-state index is -0.411. The quantitative estimate of drug-likeness (QED) is 0.428. The number of carbonyl (C=O) groups is 1. The van der Waals surface area contributed by atoms with E-state index in [0.717, 1.165) is 14.5 Å². The molecule has 1 aromatic rings. The van der Waals surface area contributed by atoms with Crippen molar-refractivity contribution in [2.75, 3.05) is 6.61 Å². The summed E-state index contributed by atoms with van der Waals surface area (Å²) in [5.74, 6) is -0.280. The van der Waals surface area contributed by atoms with E-state index >= 15 is 0 Å². The lowest BCUT2D eigenvalue weighted by Gasteiger charge is -2.10. The van der Waals surface area contributed by atoms with Crippen LogP contribution < -0.4 is 0 Å². The maximum absolute atomic E-state index is 11.2. The van der Waals surface area contributed by atoms with E-state index in [9.17, 15) is 9.90 Å². The smallest absolute Gasteiger partial charge is 0.333 e. The maximum atomic E-state index is 11.2. The fraction of sp³-hybridized carbons (Fsp3) is 0.250. The number of esters is 1. The zero-order valence-electron chi connectivity index (χ0n) is 9.60. The highest BCUT2D eigenvalue weighted by Crippen LogP contribution is 2.39. The monoisotopic (exact) mass is 440 g/mol. The van der Waals surface area contributed by atoms with E-state index in [1.807, 2.05) is 0 Å². The summed E-state index contributed by atoms with van der Waals surface area (Å²) in [4.78, 5) is 11.2. The predicted molar refractivity (Wildman–Crippen MR) is 80.7 cm³/mol. The second-order valence-corrected chi connectivity index (χ2v) is 6.04. The van der Waals surface area contributed by atoms with Crippen molar-refractivity contribution in [3.8, 4) is 5.75 Å². The highest BCUT2D eigenvalue weighted by Gasteiger charge is 2.13. The number of phenols is 1. The molecule has 0 aromatic heterocycles. The lowest BCUT2D eigenvalue weighted by atomic mass is 10.1. The number of phenolic OH excluding ortho intramolecular Hbond substituents is 1. The number of hydrogen-bond acceptors (Lipinski definition) is 3. The van der Waals surface area contributed by atoms with Crippen LogP contribution in [0.15, 0.2) is 31.6 Å². The van der Waals surface area contributed by atoms with Gasteiger partial charge in [0.1, 0.15) is 5.75 Å². The van der Waals surface area contributed by atoms with E-state index < -0.39 is 5.97 Å². The standard InChI is InChI=1S/C12H11Br3O3/c1-6(2)12(17)18-4-3-7-5-8(16)10(14)11(15)9(7)13/h5,16H,1,3-4H2,2H3. The molecule has 0 heterocycles. The van der Waals surface area contributed by atoms with Gasteiger partial charge in [-0.25, -0.2) is 4.79 Å². The average Bonchev–Trinajstić information content (AvgIpc) is 2.32. The van der Waals surface area contributed by atoms with Gasteiger partial charge in [0, 0.05) is 20.9 Å². The van der Waals surface area contributed by atoms with Crippen LogP contribution in [0.4, 0.5) is 0 Å². The van der Waals surface area contributed by atoms with Gasteiger partial charge in [-0.05, 0) is 66.3 Å². The minimum absolute atomic E-state index is 0.131. The van der Waals surface area contributed by atoms with Crippen LogP contribution in [0.3, 0.4) is 0 Å². The van der Waals surface area contributed by atoms with Gasteiger partial charge >= 0.3 is 5.97 Å². The van der Waals surface area contributed by atoms with Crippen LogP contribution in [0.1, 0.15) is 12.5 Å². The van der Waals surface area contributed by atoms with Crippen molar-refractivity contribution < 1.29 is 14.6 Å². The molecular weight excluding hydrogens is 432 g/mol. The Bertz CT molecular complexity index is 498. The Morgan fingerprint density at radius 2 is 1.94 bits per heavy atom. The lowest BCUT2D eigenvalue weighted by Crippen LogP contribution is -2.08. The molecule has 6 heteroatoms. The number of aromatic hydroxyl groups is 1. The number of carbonyl (C=O) groups excluding carboxylic acids is 1. The first-order chi connectivity index (χ1) is 8.34. The topological polar surface area (TPSA) is 46.5 Å². The number of benzene rings is 1. The van der Waals surface area contributed by atoms with Gasteiger partial charge in [-0.15, -0.1) is 0 Å². The Kier molecular flexibility index (Phi) is 5.88. The molecule has 1 aromatic carbocycles. The highest BCUT2D eigenvalue weighted by molar-refractivity contribution is 9.14. The second kappa shape index (κ2) is 6.73. The predicted octanol–water partition coefficient (Wildman–Crippen LogP) is 4.34. The Balaban J connectivity index is 2.75. The highest BCUT2D eigenvalue weighted by atomic mass is 79.9. The maximum Gasteiger partial charge on any atom is 0.333 e. The number of rotatable bonds is 4. The van der Waals surface area contributed by atoms with Crippen molar-refractivity contribution in [3.63, 3.8) is 0 Å². The fourth-order valence-electron chi connectivity index (χ4n) is 1.20. The Morgan fingerprint density at radius 1 is 1.33 bits per heavy atom. The van der Waals surface area contributed by atoms with Gasteiger partial charge in [0.25, 0.3) is 0 Å². The minimum Gasteiger partial charge on any atom is -0.507 e. The van der Waals surface area contributed by atoms with E-state index in [4.69, 9.17) is 4.74 Å². The summed E-state index contributed by atoms with van der Waals surface area (Å²) in [6, 6.07) is 1.62. The van der Waals surface area contributed by atoms with Gasteiger partial charge < -0.3 is 9.84 Å². The number of ether oxygens (including phenoxy) is 1. The van der Waals surface area contributed by atoms with Crippen LogP contribution in [-0.2, 0) is 16.0 Å². The summed E-state index contributed by atoms with van der Waals surface area (Å²) < 4.78 is 7.13. The molecule has 0 saturated heterocycles. The average molecular weight is 443 g/mol. The molecule has 0 spiro atoms. The van der Waals surface area contributed by atoms with Crippen LogP contribution in [-0.4, -0.2) is 17.7 Å². The first-order valence-electron chi connectivity index (χ1n) is 5.02. The summed E-state index contributed by atoms with van der Waals surface area (Å²) in [7, 11) is 0. The van der Waals surface area contributed by atoms with E-state index in [1.165, 1.54) is 0 Å². The Hall–Kier alpha value is -0.330. The van der Waals surface area contributed by atoms with Gasteiger partial charge in [0.2, 0.25) is 0 Å². The Labute approximate surface area is 131 Å². The van der Waals surface area contributed by atoms with Crippen LogP contribution in [0.25, 0.3) is 0 Å². The molecule has 18 heavy (non-hydrogen) atoms. The molecular formula is C12H11Br3O3. The second-order valence-electron chi connectivity index (χ2n) is 3.66. The molecule has 0 aliphatic rings. The molecule has 0 aliphatic carbocycles. The van der Waals surface area contributed by atoms with Crippen LogP contribution in [0.5, 0.6) is 5.75 Å². The SMILES string of the molecule is C=C(C)C(=O)OCCc1cc(O)c(Br)c(Br)c1Br. The lowest BCUT2D eigenvalue weighted by molar-refractivity contribution is -0.138. The van der Waals surface area contributed by atoms with Gasteiger partial charge in [-0.3, -0.25) is 0 Å². The largest absolute Gasteiger partial charge is 0.507 e. The van der Waals surface area contributed by atoms with E-state index in [2.05, 4.69) is 54.4 Å². The third-order valence-electron chi connectivity index (χ3n) is 2.16. The van der Waals surface area contributed by atoms with Gasteiger partial charge in [-0.1, -0.05) is 6.58 Å². The summed E-state index contributed by atoms with van der Waals surface area (Å²) in [5, 5.41) is 9.68. The first-order valence-corrected chi connectivity index (χ1v) is 7.40. The summed E-state index contributed by atoms with van der Waals surface area (Å²) >= 11 is 10.0. The van der Waals surface area contributed by atoms with Crippen molar-refractivity contribution in [1.82, 2.24) is 0 Å². The first kappa shape index (κ1) is 15.7. The van der Waals surface area contributed by atoms with Crippen molar-refractivity contribution in [1.29, 1.82) is 0 Å². The molecule has 0 amide bonds. The molecule has 0 unspecified atom stereocenters. The number of hydrogen-bond donors (Lipinski definition) is 1. The molecule has 1 rings (SSSR count). The number of halogens is 3. The molecule has 0 aliphatic heterocycles. The van der Waals surface area contributed by atoms with Crippen LogP contribution in [0, 0.1) is 0 Å². The summed E-state index contributed by atoms with van der Waals surface area (Å²) in [6.07, 6.45) is 0.499. The van der Waals surface area contributed by atoms with E-state index in [0.29, 0.717) is 16.5 Å². The van der Waals surface area contributed by atoms with Gasteiger partial charge in [-0.2, -0.15) is 0 Å². The molecule has 0 fully saturated rings.